The first-order valence-corrected chi connectivity index (χ1v) is 17.3. The van der Waals surface area contributed by atoms with Gasteiger partial charge in [-0.1, -0.05) is 116 Å². The molecule has 0 fully saturated rings. The van der Waals surface area contributed by atoms with Crippen LogP contribution in [0.15, 0.2) is 97.2 Å². The van der Waals surface area contributed by atoms with Gasteiger partial charge >= 0.3 is 11.4 Å². The first-order chi connectivity index (χ1) is 19.3. The van der Waals surface area contributed by atoms with E-state index in [1.807, 2.05) is 0 Å². The summed E-state index contributed by atoms with van der Waals surface area (Å²) < 4.78 is -0.424. The lowest BCUT2D eigenvalue weighted by Crippen LogP contribution is -2.03. The Hall–Kier alpha value is -0.0800. The molecule has 0 unspecified atom stereocenters. The van der Waals surface area contributed by atoms with E-state index in [2.05, 4.69) is 0 Å². The number of benzene rings is 2. The maximum atomic E-state index is 11.9. The molecule has 0 spiro atoms. The molecule has 0 aliphatic heterocycles. The van der Waals surface area contributed by atoms with Gasteiger partial charge in [0.1, 0.15) is 17.5 Å². The molecule has 2 aromatic rings. The van der Waals surface area contributed by atoms with Crippen molar-refractivity contribution in [3.05, 3.63) is 118 Å². The average molecular weight is 794 g/mol. The van der Waals surface area contributed by atoms with E-state index in [0.29, 0.717) is 37.8 Å². The highest BCUT2D eigenvalue weighted by molar-refractivity contribution is 8.23. The van der Waals surface area contributed by atoms with Gasteiger partial charge in [0, 0.05) is 19.8 Å². The minimum atomic E-state index is -0.662. The van der Waals surface area contributed by atoms with Gasteiger partial charge in [0.25, 0.3) is 0 Å². The molecule has 0 saturated heterocycles. The second kappa shape index (κ2) is 18.7. The van der Waals surface area contributed by atoms with Crippen molar-refractivity contribution in [2.45, 2.75) is 16.2 Å². The number of rotatable bonds is 14. The second-order valence-electron chi connectivity index (χ2n) is 7.10. The maximum absolute atomic E-state index is 11.9. The van der Waals surface area contributed by atoms with Crippen LogP contribution in [0.4, 0.5) is 0 Å². The zero-order valence-corrected chi connectivity index (χ0v) is 29.2. The Balaban J connectivity index is 2.30. The van der Waals surface area contributed by atoms with Crippen LogP contribution in [0.1, 0.15) is 6.42 Å². The number of hydrogen-bond acceptors (Lipinski definition) is 8. The second-order valence-corrected chi connectivity index (χ2v) is 15.5. The molecule has 0 N–H and O–H groups in total. The lowest BCUT2D eigenvalue weighted by molar-refractivity contribution is -0.419. The van der Waals surface area contributed by atoms with Gasteiger partial charge in [-0.15, -0.1) is 23.5 Å². The number of thioether (sulfide) groups is 4. The van der Waals surface area contributed by atoms with Crippen LogP contribution in [0.2, 0.25) is 10.0 Å². The van der Waals surface area contributed by atoms with Crippen LogP contribution in [0.5, 0.6) is 0 Å². The molecule has 6 nitrogen and oxygen atoms in total. The van der Waals surface area contributed by atoms with Crippen LogP contribution in [0.25, 0.3) is 0 Å². The number of halogens is 8. The molecular weight excluding hydrogens is 780 g/mol. The highest BCUT2D eigenvalue weighted by Gasteiger charge is 2.28. The summed E-state index contributed by atoms with van der Waals surface area (Å²) in [6, 6.07) is 13.4. The van der Waals surface area contributed by atoms with E-state index in [9.17, 15) is 20.2 Å². The first kappa shape index (κ1) is 37.1. The van der Waals surface area contributed by atoms with Gasteiger partial charge in [0.05, 0.1) is 9.85 Å². The highest BCUT2D eigenvalue weighted by atomic mass is 35.5. The topological polar surface area (TPSA) is 86.3 Å². The molecule has 2 rings (SSSR count). The predicted octanol–water partition coefficient (Wildman–Crippen LogP) is 12.4. The minimum Gasteiger partial charge on any atom is -0.258 e. The van der Waals surface area contributed by atoms with Crippen molar-refractivity contribution in [3.8, 4) is 0 Å². The molecule has 0 aromatic heterocycles. The number of nitrogens with zero attached hydrogens (tertiary/aromatic N) is 2. The summed E-state index contributed by atoms with van der Waals surface area (Å²) in [6.45, 7) is 0. The van der Waals surface area contributed by atoms with Crippen LogP contribution in [0.3, 0.4) is 0 Å². The van der Waals surface area contributed by atoms with E-state index in [-0.39, 0.29) is 8.47 Å². The predicted molar refractivity (Wildman–Crippen MR) is 181 cm³/mol. The molecule has 0 aliphatic rings. The van der Waals surface area contributed by atoms with E-state index in [1.165, 1.54) is 0 Å². The molecule has 0 bridgehead atoms. The fraction of sp³-hybridized carbons (Fsp3) is 0.130. The largest absolute Gasteiger partial charge is 0.310 e. The number of hydrogen-bond donors (Lipinski definition) is 0. The Morgan fingerprint density at radius 2 is 0.927 bits per heavy atom. The molecule has 0 heterocycles. The van der Waals surface area contributed by atoms with Gasteiger partial charge in [-0.3, -0.25) is 20.2 Å². The molecule has 0 atom stereocenters. The van der Waals surface area contributed by atoms with Gasteiger partial charge in [0.2, 0.25) is 0 Å². The maximum Gasteiger partial charge on any atom is 0.310 e. The number of nitro groups is 2. The molecular formula is C23H14Cl8N2O4S4. The van der Waals surface area contributed by atoms with E-state index in [0.717, 1.165) is 47.0 Å². The molecule has 0 radical (unpaired) electrons. The Kier molecular flexibility index (Phi) is 16.9. The third-order valence-electron chi connectivity index (χ3n) is 4.30. The lowest BCUT2D eigenvalue weighted by Gasteiger charge is -2.11. The van der Waals surface area contributed by atoms with Crippen LogP contribution >= 0.6 is 140 Å². The summed E-state index contributed by atoms with van der Waals surface area (Å²) in [5.74, 6) is 0.744. The molecule has 2 aromatic carbocycles. The zero-order chi connectivity index (χ0) is 30.7. The van der Waals surface area contributed by atoms with Crippen molar-refractivity contribution in [2.24, 2.45) is 0 Å². The van der Waals surface area contributed by atoms with Gasteiger partial charge in [-0.2, -0.15) is 0 Å². The van der Waals surface area contributed by atoms with Crippen molar-refractivity contribution in [2.75, 3.05) is 11.5 Å². The average Bonchev–Trinajstić information content (AvgIpc) is 2.90. The summed E-state index contributed by atoms with van der Waals surface area (Å²) in [5.41, 5.74) is -0.903. The van der Waals surface area contributed by atoms with Gasteiger partial charge in [0.15, 0.2) is 10.1 Å². The minimum absolute atomic E-state index is 0.239. The Labute approximate surface area is 292 Å². The SMILES string of the molecule is O=[N+]([O-])/C(C(Cl)=C(Cl)Cl)=C(\SCCCS/C(Sc1ccc(Cl)cc1)=C(/C(Cl)=C(Cl)Cl)[N+](=O)[O-])Sc1ccc(Cl)cc1. The smallest absolute Gasteiger partial charge is 0.258 e. The van der Waals surface area contributed by atoms with Gasteiger partial charge < -0.3 is 0 Å². The summed E-state index contributed by atoms with van der Waals surface area (Å²) >= 11 is 51.7. The fourth-order valence-corrected chi connectivity index (χ4v) is 8.55. The van der Waals surface area contributed by atoms with Crippen LogP contribution in [-0.2, 0) is 0 Å². The molecule has 0 aliphatic carbocycles. The molecule has 220 valence electrons. The standard InChI is InChI=1S/C23H14Cl8N2O4S4/c24-12-2-6-14(7-3-12)40-22(18(32(34)35)16(26)20(28)29)38-10-1-11-39-23(19(33(36)37)17(27)21(30)31)41-15-8-4-13(25)5-9-15/h2-9H,1,10-11H2/b22-18+,23-19+. The lowest BCUT2D eigenvalue weighted by atomic mass is 10.4. The molecule has 41 heavy (non-hydrogen) atoms. The summed E-state index contributed by atoms with van der Waals surface area (Å²) in [6.07, 6.45) is 0.465. The van der Waals surface area contributed by atoms with Crippen molar-refractivity contribution in [1.82, 2.24) is 0 Å². The Morgan fingerprint density at radius 1 is 0.610 bits per heavy atom. The Bertz CT molecular complexity index is 1290. The van der Waals surface area contributed by atoms with E-state index < -0.39 is 40.3 Å². The highest BCUT2D eigenvalue weighted by Crippen LogP contribution is 2.44. The van der Waals surface area contributed by atoms with E-state index in [1.54, 1.807) is 48.5 Å². The number of allylic oxidation sites excluding steroid dienone is 2. The van der Waals surface area contributed by atoms with Crippen LogP contribution in [-0.4, -0.2) is 21.4 Å². The van der Waals surface area contributed by atoms with Gasteiger partial charge in [-0.25, -0.2) is 0 Å². The molecule has 18 heteroatoms. The normalized spacial score (nSPS) is 12.3. The van der Waals surface area contributed by atoms with Crippen LogP contribution in [0, 0.1) is 20.2 Å². The monoisotopic (exact) mass is 790 g/mol. The zero-order valence-electron chi connectivity index (χ0n) is 19.9. The van der Waals surface area contributed by atoms with Crippen molar-refractivity contribution < 1.29 is 9.85 Å². The summed E-state index contributed by atoms with van der Waals surface area (Å²) in [4.78, 5) is 23.8. The third kappa shape index (κ3) is 12.4. The van der Waals surface area contributed by atoms with Crippen molar-refractivity contribution in [1.29, 1.82) is 0 Å². The molecule has 0 saturated carbocycles. The van der Waals surface area contributed by atoms with Crippen molar-refractivity contribution >= 4 is 140 Å². The first-order valence-electron chi connectivity index (χ1n) is 10.6. The quantitative estimate of drug-likeness (QED) is 0.0614. The van der Waals surface area contributed by atoms with Crippen LogP contribution < -0.4 is 0 Å². The summed E-state index contributed by atoms with van der Waals surface area (Å²) in [7, 11) is 0. The van der Waals surface area contributed by atoms with Gasteiger partial charge in [-0.05, 0) is 66.5 Å². The summed E-state index contributed by atoms with van der Waals surface area (Å²) in [5, 5.41) is 24.0. The Morgan fingerprint density at radius 3 is 1.20 bits per heavy atom. The van der Waals surface area contributed by atoms with Crippen molar-refractivity contribution in [3.63, 3.8) is 0 Å². The van der Waals surface area contributed by atoms with E-state index >= 15 is 0 Å². The third-order valence-corrected chi connectivity index (χ3v) is 11.6. The molecule has 0 amide bonds. The fourth-order valence-electron chi connectivity index (χ4n) is 2.57. The van der Waals surface area contributed by atoms with E-state index in [4.69, 9.17) is 92.8 Å².